The van der Waals surface area contributed by atoms with Gasteiger partial charge in [-0.25, -0.2) is 0 Å². The number of hydrogen-bond acceptors (Lipinski definition) is 3. The van der Waals surface area contributed by atoms with Crippen LogP contribution < -0.4 is 4.74 Å². The van der Waals surface area contributed by atoms with Crippen LogP contribution in [0.2, 0.25) is 0 Å². The minimum atomic E-state index is 0.134. The van der Waals surface area contributed by atoms with E-state index in [1.807, 2.05) is 0 Å². The van der Waals surface area contributed by atoms with Gasteiger partial charge in [0.1, 0.15) is 5.75 Å². The molecule has 0 saturated heterocycles. The molecule has 0 aliphatic heterocycles. The van der Waals surface area contributed by atoms with E-state index in [0.29, 0.717) is 23.7 Å². The minimum absolute atomic E-state index is 0.134. The summed E-state index contributed by atoms with van der Waals surface area (Å²) in [5, 5.41) is 0. The maximum absolute atomic E-state index is 11.7. The van der Waals surface area contributed by atoms with Crippen LogP contribution in [-0.2, 0) is 0 Å². The van der Waals surface area contributed by atoms with Crippen molar-refractivity contribution >= 4 is 5.78 Å². The SMILES string of the molecule is COc1cncc(C(=O)CCC(C)C)c1. The maximum atomic E-state index is 11.7. The highest BCUT2D eigenvalue weighted by molar-refractivity contribution is 5.96. The van der Waals surface area contributed by atoms with Gasteiger partial charge in [-0.2, -0.15) is 0 Å². The summed E-state index contributed by atoms with van der Waals surface area (Å²) in [6.45, 7) is 4.22. The Kier molecular flexibility index (Phi) is 4.28. The number of ketones is 1. The maximum Gasteiger partial charge on any atom is 0.164 e. The normalized spacial score (nSPS) is 10.4. The van der Waals surface area contributed by atoms with E-state index in [-0.39, 0.29) is 5.78 Å². The fourth-order valence-corrected chi connectivity index (χ4v) is 1.25. The third-order valence-electron chi connectivity index (χ3n) is 2.22. The van der Waals surface area contributed by atoms with E-state index in [2.05, 4.69) is 18.8 Å². The van der Waals surface area contributed by atoms with Crippen molar-refractivity contribution in [3.8, 4) is 5.75 Å². The van der Waals surface area contributed by atoms with E-state index in [1.54, 1.807) is 25.6 Å². The number of carbonyl (C=O) groups excluding carboxylic acids is 1. The lowest BCUT2D eigenvalue weighted by atomic mass is 10.0. The summed E-state index contributed by atoms with van der Waals surface area (Å²) in [5.74, 6) is 1.31. The first-order chi connectivity index (χ1) is 7.13. The highest BCUT2D eigenvalue weighted by Crippen LogP contribution is 2.14. The van der Waals surface area contributed by atoms with Crippen LogP contribution in [0.3, 0.4) is 0 Å². The molecular formula is C12H17NO2. The van der Waals surface area contributed by atoms with Crippen molar-refractivity contribution in [3.63, 3.8) is 0 Å². The molecule has 1 heterocycles. The quantitative estimate of drug-likeness (QED) is 0.697. The van der Waals surface area contributed by atoms with Gasteiger partial charge in [0.25, 0.3) is 0 Å². The smallest absolute Gasteiger partial charge is 0.164 e. The number of Topliss-reactive ketones (excluding diaryl/α,β-unsaturated/α-hetero) is 1. The molecule has 0 amide bonds. The van der Waals surface area contributed by atoms with Gasteiger partial charge < -0.3 is 4.74 Å². The molecule has 82 valence electrons. The Hall–Kier alpha value is -1.38. The molecule has 1 rings (SSSR count). The number of pyridine rings is 1. The summed E-state index contributed by atoms with van der Waals surface area (Å²) >= 11 is 0. The van der Waals surface area contributed by atoms with Crippen molar-refractivity contribution in [1.29, 1.82) is 0 Å². The van der Waals surface area contributed by atoms with Crippen LogP contribution in [0.5, 0.6) is 5.75 Å². The minimum Gasteiger partial charge on any atom is -0.495 e. The van der Waals surface area contributed by atoms with Crippen LogP contribution in [0.15, 0.2) is 18.5 Å². The lowest BCUT2D eigenvalue weighted by Crippen LogP contribution is -2.02. The van der Waals surface area contributed by atoms with Gasteiger partial charge in [-0.05, 0) is 18.4 Å². The van der Waals surface area contributed by atoms with Gasteiger partial charge in [0.15, 0.2) is 5.78 Å². The first-order valence-electron chi connectivity index (χ1n) is 5.15. The number of rotatable bonds is 5. The van der Waals surface area contributed by atoms with E-state index >= 15 is 0 Å². The van der Waals surface area contributed by atoms with E-state index < -0.39 is 0 Å². The fourth-order valence-electron chi connectivity index (χ4n) is 1.25. The Balaban J connectivity index is 2.65. The number of carbonyl (C=O) groups is 1. The van der Waals surface area contributed by atoms with E-state index in [9.17, 15) is 4.79 Å². The van der Waals surface area contributed by atoms with Crippen molar-refractivity contribution in [1.82, 2.24) is 4.98 Å². The highest BCUT2D eigenvalue weighted by Gasteiger charge is 2.08. The number of ether oxygens (including phenoxy) is 1. The van der Waals surface area contributed by atoms with Crippen molar-refractivity contribution in [2.75, 3.05) is 7.11 Å². The zero-order valence-corrected chi connectivity index (χ0v) is 9.49. The summed E-state index contributed by atoms with van der Waals surface area (Å²) in [6.07, 6.45) is 4.67. The standard InChI is InChI=1S/C12H17NO2/c1-9(2)4-5-12(14)10-6-11(15-3)8-13-7-10/h6-9H,4-5H2,1-3H3. The van der Waals surface area contributed by atoms with Gasteiger partial charge in [-0.3, -0.25) is 9.78 Å². The topological polar surface area (TPSA) is 39.2 Å². The van der Waals surface area contributed by atoms with Gasteiger partial charge in [0, 0.05) is 18.2 Å². The molecule has 1 aromatic rings. The van der Waals surface area contributed by atoms with Crippen LogP contribution in [-0.4, -0.2) is 17.9 Å². The van der Waals surface area contributed by atoms with Crippen LogP contribution in [0.25, 0.3) is 0 Å². The van der Waals surface area contributed by atoms with Gasteiger partial charge in [-0.15, -0.1) is 0 Å². The van der Waals surface area contributed by atoms with Crippen LogP contribution in [0.1, 0.15) is 37.0 Å². The summed E-state index contributed by atoms with van der Waals surface area (Å²) in [5.41, 5.74) is 0.634. The molecule has 0 atom stereocenters. The van der Waals surface area contributed by atoms with Crippen LogP contribution >= 0.6 is 0 Å². The molecule has 0 spiro atoms. The monoisotopic (exact) mass is 207 g/mol. The molecule has 0 N–H and O–H groups in total. The first-order valence-corrected chi connectivity index (χ1v) is 5.15. The Morgan fingerprint density at radius 3 is 2.80 bits per heavy atom. The summed E-state index contributed by atoms with van der Waals surface area (Å²) < 4.78 is 5.02. The Morgan fingerprint density at radius 1 is 1.47 bits per heavy atom. The molecule has 3 nitrogen and oxygen atoms in total. The van der Waals surface area contributed by atoms with Gasteiger partial charge in [-0.1, -0.05) is 13.8 Å². The largest absolute Gasteiger partial charge is 0.495 e. The second kappa shape index (κ2) is 5.49. The molecule has 0 saturated carbocycles. The molecule has 0 aliphatic carbocycles. The Bertz CT molecular complexity index is 334. The van der Waals surface area contributed by atoms with Gasteiger partial charge >= 0.3 is 0 Å². The number of methoxy groups -OCH3 is 1. The summed E-state index contributed by atoms with van der Waals surface area (Å²) in [4.78, 5) is 15.7. The Labute approximate surface area is 90.5 Å². The predicted octanol–water partition coefficient (Wildman–Crippen LogP) is 2.71. The molecule has 0 aromatic carbocycles. The molecule has 0 unspecified atom stereocenters. The van der Waals surface area contributed by atoms with E-state index in [0.717, 1.165) is 6.42 Å². The lowest BCUT2D eigenvalue weighted by Gasteiger charge is -2.05. The summed E-state index contributed by atoms with van der Waals surface area (Å²) in [6, 6.07) is 1.73. The molecule has 0 radical (unpaired) electrons. The third-order valence-corrected chi connectivity index (χ3v) is 2.22. The molecule has 0 aliphatic rings. The fraction of sp³-hybridized carbons (Fsp3) is 0.500. The molecule has 1 aromatic heterocycles. The first kappa shape index (κ1) is 11.7. The third kappa shape index (κ3) is 3.70. The predicted molar refractivity (Wildman–Crippen MR) is 59.2 cm³/mol. The second-order valence-corrected chi connectivity index (χ2v) is 3.97. The van der Waals surface area contributed by atoms with Crippen molar-refractivity contribution in [3.05, 3.63) is 24.0 Å². The molecule has 3 heteroatoms. The van der Waals surface area contributed by atoms with Gasteiger partial charge in [0.05, 0.1) is 13.3 Å². The highest BCUT2D eigenvalue weighted by atomic mass is 16.5. The number of aromatic nitrogens is 1. The van der Waals surface area contributed by atoms with Crippen molar-refractivity contribution in [2.24, 2.45) is 5.92 Å². The molecule has 0 fully saturated rings. The second-order valence-electron chi connectivity index (χ2n) is 3.97. The zero-order chi connectivity index (χ0) is 11.3. The van der Waals surface area contributed by atoms with Crippen LogP contribution in [0, 0.1) is 5.92 Å². The number of nitrogens with zero attached hydrogens (tertiary/aromatic N) is 1. The molecular weight excluding hydrogens is 190 g/mol. The number of hydrogen-bond donors (Lipinski definition) is 0. The molecule has 15 heavy (non-hydrogen) atoms. The lowest BCUT2D eigenvalue weighted by molar-refractivity contribution is 0.0974. The van der Waals surface area contributed by atoms with Crippen molar-refractivity contribution in [2.45, 2.75) is 26.7 Å². The average molecular weight is 207 g/mol. The van der Waals surface area contributed by atoms with E-state index in [1.165, 1.54) is 0 Å². The van der Waals surface area contributed by atoms with E-state index in [4.69, 9.17) is 4.74 Å². The average Bonchev–Trinajstić information content (AvgIpc) is 2.26. The molecule has 0 bridgehead atoms. The summed E-state index contributed by atoms with van der Waals surface area (Å²) in [7, 11) is 1.57. The van der Waals surface area contributed by atoms with Gasteiger partial charge in [0.2, 0.25) is 0 Å². The Morgan fingerprint density at radius 2 is 2.20 bits per heavy atom. The van der Waals surface area contributed by atoms with Crippen LogP contribution in [0.4, 0.5) is 0 Å². The van der Waals surface area contributed by atoms with Crippen molar-refractivity contribution < 1.29 is 9.53 Å². The zero-order valence-electron chi connectivity index (χ0n) is 9.49.